The molecule has 0 heterocycles. The number of ether oxygens (including phenoxy) is 2. The van der Waals surface area contributed by atoms with E-state index in [-0.39, 0.29) is 6.04 Å². The van der Waals surface area contributed by atoms with Crippen LogP contribution < -0.4 is 15.2 Å². The zero-order chi connectivity index (χ0) is 13.7. The largest absolute Gasteiger partial charge is 0.496 e. The first kappa shape index (κ1) is 14.8. The van der Waals surface area contributed by atoms with E-state index in [9.17, 15) is 0 Å². The van der Waals surface area contributed by atoms with Crippen molar-refractivity contribution in [1.29, 1.82) is 0 Å². The fraction of sp³-hybridized carbons (Fsp3) is 0.571. The molecule has 0 amide bonds. The van der Waals surface area contributed by atoms with Gasteiger partial charge in [-0.1, -0.05) is 6.07 Å². The van der Waals surface area contributed by atoms with Crippen LogP contribution >= 0.6 is 0 Å². The van der Waals surface area contributed by atoms with Crippen LogP contribution in [-0.2, 0) is 0 Å². The minimum atomic E-state index is -0.0213. The number of nitrogens with zero attached hydrogens (tertiary/aromatic N) is 1. The molecule has 18 heavy (non-hydrogen) atoms. The van der Waals surface area contributed by atoms with Gasteiger partial charge >= 0.3 is 0 Å². The zero-order valence-corrected chi connectivity index (χ0v) is 12.0. The van der Waals surface area contributed by atoms with Crippen molar-refractivity contribution in [2.45, 2.75) is 19.4 Å². The van der Waals surface area contributed by atoms with E-state index in [2.05, 4.69) is 4.90 Å². The van der Waals surface area contributed by atoms with Gasteiger partial charge < -0.3 is 20.1 Å². The Morgan fingerprint density at radius 2 is 1.89 bits per heavy atom. The zero-order valence-electron chi connectivity index (χ0n) is 12.0. The Morgan fingerprint density at radius 1 is 1.22 bits per heavy atom. The molecule has 0 aliphatic heterocycles. The van der Waals surface area contributed by atoms with E-state index in [0.717, 1.165) is 35.6 Å². The summed E-state index contributed by atoms with van der Waals surface area (Å²) in [5, 5.41) is 0. The van der Waals surface area contributed by atoms with Gasteiger partial charge in [0.2, 0.25) is 0 Å². The van der Waals surface area contributed by atoms with E-state index < -0.39 is 0 Å². The van der Waals surface area contributed by atoms with Gasteiger partial charge in [-0.3, -0.25) is 0 Å². The minimum Gasteiger partial charge on any atom is -0.496 e. The number of methoxy groups -OCH3 is 2. The van der Waals surface area contributed by atoms with Crippen LogP contribution in [0, 0.1) is 6.92 Å². The van der Waals surface area contributed by atoms with E-state index in [1.54, 1.807) is 14.2 Å². The second-order valence-corrected chi connectivity index (χ2v) is 4.71. The van der Waals surface area contributed by atoms with E-state index in [0.29, 0.717) is 0 Å². The lowest BCUT2D eigenvalue weighted by Gasteiger charge is -2.20. The Labute approximate surface area is 110 Å². The molecule has 0 saturated carbocycles. The molecule has 4 nitrogen and oxygen atoms in total. The summed E-state index contributed by atoms with van der Waals surface area (Å²) in [5.74, 6) is 1.66. The van der Waals surface area contributed by atoms with Gasteiger partial charge in [-0.05, 0) is 40.1 Å². The van der Waals surface area contributed by atoms with Crippen molar-refractivity contribution in [2.75, 3.05) is 34.9 Å². The first-order chi connectivity index (χ1) is 8.51. The van der Waals surface area contributed by atoms with Crippen molar-refractivity contribution in [1.82, 2.24) is 4.90 Å². The fourth-order valence-electron chi connectivity index (χ4n) is 2.03. The van der Waals surface area contributed by atoms with Crippen molar-refractivity contribution >= 4 is 0 Å². The van der Waals surface area contributed by atoms with Gasteiger partial charge in [0.05, 0.1) is 14.2 Å². The molecule has 2 N–H and O–H groups in total. The Hall–Kier alpha value is -1.26. The molecule has 0 radical (unpaired) electrons. The van der Waals surface area contributed by atoms with Crippen LogP contribution in [0.25, 0.3) is 0 Å². The molecule has 0 aliphatic rings. The molecule has 0 aromatic heterocycles. The maximum atomic E-state index is 6.23. The van der Waals surface area contributed by atoms with Crippen molar-refractivity contribution in [2.24, 2.45) is 5.73 Å². The third kappa shape index (κ3) is 3.37. The van der Waals surface area contributed by atoms with Crippen LogP contribution in [0.15, 0.2) is 12.1 Å². The van der Waals surface area contributed by atoms with Crippen molar-refractivity contribution < 1.29 is 9.47 Å². The second-order valence-electron chi connectivity index (χ2n) is 4.71. The number of hydrogen-bond acceptors (Lipinski definition) is 4. The maximum absolute atomic E-state index is 6.23. The molecule has 1 rings (SSSR count). The average molecular weight is 252 g/mol. The molecule has 0 aliphatic carbocycles. The fourth-order valence-corrected chi connectivity index (χ4v) is 2.03. The second kappa shape index (κ2) is 6.61. The molecule has 102 valence electrons. The minimum absolute atomic E-state index is 0.0213. The predicted octanol–water partition coefficient (Wildman–Crippen LogP) is 1.96. The molecule has 1 aromatic rings. The molecule has 1 aromatic carbocycles. The molecule has 0 bridgehead atoms. The molecule has 0 fully saturated rings. The van der Waals surface area contributed by atoms with Crippen LogP contribution in [0.5, 0.6) is 11.5 Å². The SMILES string of the molecule is COc1ccc(C(N)CCN(C)C)c(OC)c1C. The quantitative estimate of drug-likeness (QED) is 0.841. The Kier molecular flexibility index (Phi) is 5.44. The average Bonchev–Trinajstić information content (AvgIpc) is 2.35. The van der Waals surface area contributed by atoms with E-state index in [1.165, 1.54) is 0 Å². The van der Waals surface area contributed by atoms with E-state index >= 15 is 0 Å². The van der Waals surface area contributed by atoms with Crippen LogP contribution in [0.1, 0.15) is 23.6 Å². The molecular formula is C14H24N2O2. The highest BCUT2D eigenvalue weighted by Crippen LogP contribution is 2.34. The van der Waals surface area contributed by atoms with E-state index in [4.69, 9.17) is 15.2 Å². The molecule has 1 unspecified atom stereocenters. The summed E-state index contributed by atoms with van der Waals surface area (Å²) < 4.78 is 10.8. The standard InChI is InChI=1S/C14H24N2O2/c1-10-13(17-4)7-6-11(14(10)18-5)12(15)8-9-16(2)3/h6-7,12H,8-9,15H2,1-5H3. The summed E-state index contributed by atoms with van der Waals surface area (Å²) in [5.41, 5.74) is 8.27. The maximum Gasteiger partial charge on any atom is 0.130 e. The van der Waals surface area contributed by atoms with Gasteiger partial charge in [-0.15, -0.1) is 0 Å². The lowest BCUT2D eigenvalue weighted by molar-refractivity contribution is 0.366. The summed E-state index contributed by atoms with van der Waals surface area (Å²) in [6.45, 7) is 2.94. The highest BCUT2D eigenvalue weighted by molar-refractivity contribution is 5.50. The van der Waals surface area contributed by atoms with Gasteiger partial charge in [0.1, 0.15) is 11.5 Å². The predicted molar refractivity (Wildman–Crippen MR) is 74.4 cm³/mol. The van der Waals surface area contributed by atoms with Gasteiger partial charge in [-0.2, -0.15) is 0 Å². The number of hydrogen-bond donors (Lipinski definition) is 1. The Morgan fingerprint density at radius 3 is 2.39 bits per heavy atom. The summed E-state index contributed by atoms with van der Waals surface area (Å²) in [4.78, 5) is 2.13. The first-order valence-corrected chi connectivity index (χ1v) is 6.13. The monoisotopic (exact) mass is 252 g/mol. The van der Waals surface area contributed by atoms with Gasteiger partial charge in [0, 0.05) is 17.2 Å². The molecular weight excluding hydrogens is 228 g/mol. The van der Waals surface area contributed by atoms with Gasteiger partial charge in [0.25, 0.3) is 0 Å². The van der Waals surface area contributed by atoms with Crippen molar-refractivity contribution in [3.05, 3.63) is 23.3 Å². The Balaban J connectivity index is 2.97. The first-order valence-electron chi connectivity index (χ1n) is 6.13. The number of benzene rings is 1. The molecule has 0 spiro atoms. The van der Waals surface area contributed by atoms with Crippen LogP contribution in [0.3, 0.4) is 0 Å². The highest BCUT2D eigenvalue weighted by atomic mass is 16.5. The highest BCUT2D eigenvalue weighted by Gasteiger charge is 2.16. The Bertz CT molecular complexity index is 392. The summed E-state index contributed by atoms with van der Waals surface area (Å²) in [6, 6.07) is 3.92. The summed E-state index contributed by atoms with van der Waals surface area (Å²) in [7, 11) is 7.42. The van der Waals surface area contributed by atoms with E-state index in [1.807, 2.05) is 33.2 Å². The smallest absolute Gasteiger partial charge is 0.130 e. The summed E-state index contributed by atoms with van der Waals surface area (Å²) in [6.07, 6.45) is 0.898. The molecule has 4 heteroatoms. The lowest BCUT2D eigenvalue weighted by Crippen LogP contribution is -2.20. The third-order valence-corrected chi connectivity index (χ3v) is 3.10. The van der Waals surface area contributed by atoms with Crippen molar-refractivity contribution in [3.8, 4) is 11.5 Å². The topological polar surface area (TPSA) is 47.7 Å². The van der Waals surface area contributed by atoms with Crippen molar-refractivity contribution in [3.63, 3.8) is 0 Å². The van der Waals surface area contributed by atoms with Gasteiger partial charge in [0.15, 0.2) is 0 Å². The number of rotatable bonds is 6. The summed E-state index contributed by atoms with van der Waals surface area (Å²) >= 11 is 0. The molecule has 0 saturated heterocycles. The normalized spacial score (nSPS) is 12.6. The van der Waals surface area contributed by atoms with Crippen LogP contribution in [0.4, 0.5) is 0 Å². The number of nitrogens with two attached hydrogens (primary N) is 1. The molecule has 1 atom stereocenters. The van der Waals surface area contributed by atoms with Crippen LogP contribution in [-0.4, -0.2) is 39.8 Å². The lowest BCUT2D eigenvalue weighted by atomic mass is 10.00. The van der Waals surface area contributed by atoms with Gasteiger partial charge in [-0.25, -0.2) is 0 Å². The third-order valence-electron chi connectivity index (χ3n) is 3.10. The van der Waals surface area contributed by atoms with Crippen LogP contribution in [0.2, 0.25) is 0 Å².